The number of aliphatic hydroxyl groups excluding tert-OH is 1. The van der Waals surface area contributed by atoms with E-state index in [1.807, 2.05) is 32.9 Å². The van der Waals surface area contributed by atoms with Crippen LogP contribution in [0, 0.1) is 5.41 Å². The summed E-state index contributed by atoms with van der Waals surface area (Å²) in [6.07, 6.45) is -0.555. The number of benzene rings is 1. The standard InChI is InChI=1S/C19H32O2/c1-17(2,3)13-10-12(16(21)19(7,8)9)11-14(15(13)20)18(4,5)6/h10-11,16,20-21H,1-9H3. The summed E-state index contributed by atoms with van der Waals surface area (Å²) in [6.45, 7) is 18.6. The summed E-state index contributed by atoms with van der Waals surface area (Å²) in [4.78, 5) is 0. The molecule has 0 radical (unpaired) electrons. The predicted molar refractivity (Wildman–Crippen MR) is 89.9 cm³/mol. The van der Waals surface area contributed by atoms with Crippen molar-refractivity contribution in [3.8, 4) is 5.75 Å². The number of hydrogen-bond acceptors (Lipinski definition) is 2. The van der Waals surface area contributed by atoms with Crippen molar-refractivity contribution in [3.63, 3.8) is 0 Å². The molecule has 1 aromatic carbocycles. The third kappa shape index (κ3) is 4.00. The molecular weight excluding hydrogens is 260 g/mol. The van der Waals surface area contributed by atoms with Gasteiger partial charge in [-0.15, -0.1) is 0 Å². The van der Waals surface area contributed by atoms with Crippen molar-refractivity contribution in [2.24, 2.45) is 5.41 Å². The molecule has 0 aliphatic rings. The van der Waals surface area contributed by atoms with Gasteiger partial charge in [0.15, 0.2) is 0 Å². The van der Waals surface area contributed by atoms with Crippen LogP contribution in [0.4, 0.5) is 0 Å². The molecule has 0 amide bonds. The average Bonchev–Trinajstić information content (AvgIpc) is 2.23. The summed E-state index contributed by atoms with van der Waals surface area (Å²) in [6, 6.07) is 3.92. The molecule has 0 aliphatic carbocycles. The Morgan fingerprint density at radius 2 is 1.10 bits per heavy atom. The van der Waals surface area contributed by atoms with Crippen LogP contribution in [0.25, 0.3) is 0 Å². The maximum atomic E-state index is 10.7. The summed E-state index contributed by atoms with van der Waals surface area (Å²) >= 11 is 0. The van der Waals surface area contributed by atoms with Gasteiger partial charge >= 0.3 is 0 Å². The summed E-state index contributed by atoms with van der Waals surface area (Å²) < 4.78 is 0. The van der Waals surface area contributed by atoms with E-state index in [1.54, 1.807) is 0 Å². The third-order valence-corrected chi connectivity index (χ3v) is 3.88. The fourth-order valence-corrected chi connectivity index (χ4v) is 2.46. The van der Waals surface area contributed by atoms with Gasteiger partial charge in [-0.1, -0.05) is 62.3 Å². The molecular formula is C19H32O2. The predicted octanol–water partition coefficient (Wildman–Crippen LogP) is 5.07. The Hall–Kier alpha value is -1.02. The number of aromatic hydroxyl groups is 1. The highest BCUT2D eigenvalue weighted by Crippen LogP contribution is 2.43. The molecule has 0 saturated carbocycles. The third-order valence-electron chi connectivity index (χ3n) is 3.88. The zero-order valence-corrected chi connectivity index (χ0v) is 15.1. The Bertz CT molecular complexity index is 473. The van der Waals surface area contributed by atoms with Gasteiger partial charge < -0.3 is 10.2 Å². The molecule has 1 aromatic rings. The lowest BCUT2D eigenvalue weighted by atomic mass is 9.75. The fourth-order valence-electron chi connectivity index (χ4n) is 2.46. The van der Waals surface area contributed by atoms with Crippen molar-refractivity contribution in [1.82, 2.24) is 0 Å². The van der Waals surface area contributed by atoms with Gasteiger partial charge in [-0.05, 0) is 45.1 Å². The molecule has 2 N–H and O–H groups in total. The van der Waals surface area contributed by atoms with Gasteiger partial charge in [0.25, 0.3) is 0 Å². The highest BCUT2D eigenvalue weighted by molar-refractivity contribution is 5.50. The van der Waals surface area contributed by atoms with Crippen LogP contribution in [0.1, 0.15) is 85.1 Å². The van der Waals surface area contributed by atoms with E-state index >= 15 is 0 Å². The van der Waals surface area contributed by atoms with Crippen molar-refractivity contribution in [2.45, 2.75) is 79.2 Å². The first-order valence-electron chi connectivity index (χ1n) is 7.71. The van der Waals surface area contributed by atoms with E-state index in [2.05, 4.69) is 41.5 Å². The van der Waals surface area contributed by atoms with Gasteiger partial charge in [-0.2, -0.15) is 0 Å². The second-order valence-corrected chi connectivity index (χ2v) is 9.23. The number of phenols is 1. The molecule has 1 rings (SSSR count). The summed E-state index contributed by atoms with van der Waals surface area (Å²) in [5, 5.41) is 21.3. The minimum absolute atomic E-state index is 0.169. The van der Waals surface area contributed by atoms with E-state index in [9.17, 15) is 10.2 Å². The second kappa shape index (κ2) is 5.31. The number of phenolic OH excluding ortho intramolecular Hbond substituents is 1. The lowest BCUT2D eigenvalue weighted by Gasteiger charge is -2.32. The highest BCUT2D eigenvalue weighted by atomic mass is 16.3. The average molecular weight is 292 g/mol. The Morgan fingerprint density at radius 3 is 1.33 bits per heavy atom. The normalized spacial score (nSPS) is 15.1. The topological polar surface area (TPSA) is 40.5 Å². The van der Waals surface area contributed by atoms with E-state index in [4.69, 9.17) is 0 Å². The molecule has 1 unspecified atom stereocenters. The molecule has 2 nitrogen and oxygen atoms in total. The fraction of sp³-hybridized carbons (Fsp3) is 0.684. The number of aliphatic hydroxyl groups is 1. The zero-order valence-electron chi connectivity index (χ0n) is 15.1. The summed E-state index contributed by atoms with van der Waals surface area (Å²) in [5.41, 5.74) is 2.10. The van der Waals surface area contributed by atoms with E-state index in [-0.39, 0.29) is 16.2 Å². The Labute approximate surface area is 130 Å². The Balaban J connectivity index is 3.63. The summed E-state index contributed by atoms with van der Waals surface area (Å²) in [7, 11) is 0. The van der Waals surface area contributed by atoms with Crippen molar-refractivity contribution in [3.05, 3.63) is 28.8 Å². The smallest absolute Gasteiger partial charge is 0.123 e. The van der Waals surface area contributed by atoms with Gasteiger partial charge in [0, 0.05) is 0 Å². The number of hydrogen-bond donors (Lipinski definition) is 2. The Kier molecular flexibility index (Phi) is 4.56. The van der Waals surface area contributed by atoms with Gasteiger partial charge in [0.1, 0.15) is 5.75 Å². The lowest BCUT2D eigenvalue weighted by molar-refractivity contribution is 0.0623. The molecule has 0 aliphatic heterocycles. The SMILES string of the molecule is CC(C)(C)c1cc(C(O)C(C)(C)C)cc(C(C)(C)C)c1O. The highest BCUT2D eigenvalue weighted by Gasteiger charge is 2.30. The van der Waals surface area contributed by atoms with Gasteiger partial charge in [-0.25, -0.2) is 0 Å². The van der Waals surface area contributed by atoms with Crippen LogP contribution >= 0.6 is 0 Å². The van der Waals surface area contributed by atoms with Crippen molar-refractivity contribution < 1.29 is 10.2 Å². The summed E-state index contributed by atoms with van der Waals surface area (Å²) in [5.74, 6) is 0.361. The van der Waals surface area contributed by atoms with Crippen molar-refractivity contribution in [2.75, 3.05) is 0 Å². The molecule has 0 spiro atoms. The van der Waals surface area contributed by atoms with Crippen molar-refractivity contribution >= 4 is 0 Å². The van der Waals surface area contributed by atoms with Crippen LogP contribution in [-0.4, -0.2) is 10.2 Å². The second-order valence-electron chi connectivity index (χ2n) is 9.23. The van der Waals surface area contributed by atoms with E-state index < -0.39 is 6.10 Å². The first kappa shape index (κ1) is 18.0. The monoisotopic (exact) mass is 292 g/mol. The molecule has 0 heterocycles. The number of rotatable bonds is 1. The van der Waals surface area contributed by atoms with Gasteiger partial charge in [0.2, 0.25) is 0 Å². The Morgan fingerprint density at radius 1 is 0.762 bits per heavy atom. The quantitative estimate of drug-likeness (QED) is 0.759. The van der Waals surface area contributed by atoms with Crippen LogP contribution in [0.2, 0.25) is 0 Å². The van der Waals surface area contributed by atoms with Crippen LogP contribution in [0.5, 0.6) is 5.75 Å². The maximum absolute atomic E-state index is 10.7. The molecule has 0 saturated heterocycles. The van der Waals surface area contributed by atoms with E-state index in [0.29, 0.717) is 5.75 Å². The molecule has 0 aromatic heterocycles. The lowest BCUT2D eigenvalue weighted by Crippen LogP contribution is -2.22. The molecule has 0 bridgehead atoms. The van der Waals surface area contributed by atoms with Crippen molar-refractivity contribution in [1.29, 1.82) is 0 Å². The largest absolute Gasteiger partial charge is 0.507 e. The first-order chi connectivity index (χ1) is 9.15. The minimum atomic E-state index is -0.555. The van der Waals surface area contributed by atoms with Gasteiger partial charge in [-0.3, -0.25) is 0 Å². The first-order valence-corrected chi connectivity index (χ1v) is 7.71. The van der Waals surface area contributed by atoms with Gasteiger partial charge in [0.05, 0.1) is 6.10 Å². The zero-order chi connectivity index (χ0) is 16.8. The van der Waals surface area contributed by atoms with Crippen LogP contribution in [0.15, 0.2) is 12.1 Å². The minimum Gasteiger partial charge on any atom is -0.507 e. The van der Waals surface area contributed by atoms with Crippen LogP contribution in [-0.2, 0) is 10.8 Å². The molecule has 120 valence electrons. The van der Waals surface area contributed by atoms with Crippen LogP contribution in [0.3, 0.4) is 0 Å². The van der Waals surface area contributed by atoms with E-state index in [0.717, 1.165) is 16.7 Å². The molecule has 1 atom stereocenters. The maximum Gasteiger partial charge on any atom is 0.123 e. The molecule has 2 heteroatoms. The molecule has 0 fully saturated rings. The molecule has 21 heavy (non-hydrogen) atoms. The van der Waals surface area contributed by atoms with E-state index in [1.165, 1.54) is 0 Å². The van der Waals surface area contributed by atoms with Crippen LogP contribution < -0.4 is 0 Å².